The van der Waals surface area contributed by atoms with Crippen LogP contribution >= 0.6 is 0 Å². The molecular weight excluding hydrogens is 458 g/mol. The molecule has 0 heterocycles. The lowest BCUT2D eigenvalue weighted by atomic mass is 9.91. The van der Waals surface area contributed by atoms with Crippen molar-refractivity contribution < 1.29 is 0 Å². The van der Waals surface area contributed by atoms with E-state index in [9.17, 15) is 0 Å². The summed E-state index contributed by atoms with van der Waals surface area (Å²) in [4.78, 5) is 2.41. The molecule has 0 aliphatic carbocycles. The second kappa shape index (κ2) is 11.9. The minimum atomic E-state index is 0.992. The quantitative estimate of drug-likeness (QED) is 0.232. The fourth-order valence-electron chi connectivity index (χ4n) is 5.63. The molecule has 0 amide bonds. The SMILES string of the molecule is C/C=C(\C)N(c1ccc(-c2ccc(C)cc2C)c(CC)c1)c1ccc(-c2ccc(C)cc2CC)c(CC)c1. The topological polar surface area (TPSA) is 3.24 Å². The van der Waals surface area contributed by atoms with Gasteiger partial charge in [0.2, 0.25) is 0 Å². The van der Waals surface area contributed by atoms with E-state index < -0.39 is 0 Å². The fraction of sp³-hybridized carbons (Fsp3) is 0.297. The molecule has 38 heavy (non-hydrogen) atoms. The van der Waals surface area contributed by atoms with Gasteiger partial charge in [-0.3, -0.25) is 0 Å². The molecule has 0 unspecified atom stereocenters. The zero-order valence-electron chi connectivity index (χ0n) is 24.6. The first-order chi connectivity index (χ1) is 18.3. The van der Waals surface area contributed by atoms with Crippen LogP contribution in [0.2, 0.25) is 0 Å². The van der Waals surface area contributed by atoms with Gasteiger partial charge >= 0.3 is 0 Å². The van der Waals surface area contributed by atoms with Crippen molar-refractivity contribution >= 4 is 11.4 Å². The van der Waals surface area contributed by atoms with Crippen molar-refractivity contribution in [3.8, 4) is 22.3 Å². The smallest absolute Gasteiger partial charge is 0.0461 e. The predicted molar refractivity (Wildman–Crippen MR) is 168 cm³/mol. The molecule has 0 saturated heterocycles. The number of allylic oxidation sites excluding steroid dienone is 2. The lowest BCUT2D eigenvalue weighted by Crippen LogP contribution is -2.15. The zero-order valence-corrected chi connectivity index (χ0v) is 24.6. The van der Waals surface area contributed by atoms with E-state index in [2.05, 4.69) is 139 Å². The molecule has 1 heteroatoms. The average Bonchev–Trinajstić information content (AvgIpc) is 2.93. The van der Waals surface area contributed by atoms with Crippen LogP contribution < -0.4 is 4.90 Å². The lowest BCUT2D eigenvalue weighted by molar-refractivity contribution is 1.09. The highest BCUT2D eigenvalue weighted by Crippen LogP contribution is 2.38. The molecule has 4 rings (SSSR count). The number of benzene rings is 4. The normalized spacial score (nSPS) is 11.6. The Kier molecular flexibility index (Phi) is 8.57. The molecule has 0 fully saturated rings. The Hall–Kier alpha value is -3.58. The van der Waals surface area contributed by atoms with E-state index in [0.717, 1.165) is 19.3 Å². The van der Waals surface area contributed by atoms with Crippen LogP contribution in [0.25, 0.3) is 22.3 Å². The van der Waals surface area contributed by atoms with Gasteiger partial charge in [-0.15, -0.1) is 0 Å². The Bertz CT molecular complexity index is 1470. The summed E-state index contributed by atoms with van der Waals surface area (Å²) in [7, 11) is 0. The molecular formula is C37H43N. The van der Waals surface area contributed by atoms with E-state index in [4.69, 9.17) is 0 Å². The van der Waals surface area contributed by atoms with E-state index in [0.29, 0.717) is 0 Å². The van der Waals surface area contributed by atoms with Crippen LogP contribution in [0.15, 0.2) is 84.6 Å². The fourth-order valence-corrected chi connectivity index (χ4v) is 5.63. The third kappa shape index (κ3) is 5.48. The molecule has 0 saturated carbocycles. The minimum absolute atomic E-state index is 0.992. The minimum Gasteiger partial charge on any atom is -0.315 e. The third-order valence-electron chi connectivity index (χ3n) is 7.83. The highest BCUT2D eigenvalue weighted by Gasteiger charge is 2.17. The van der Waals surface area contributed by atoms with Gasteiger partial charge in [-0.05, 0) is 123 Å². The van der Waals surface area contributed by atoms with Gasteiger partial charge in [0.05, 0.1) is 0 Å². The van der Waals surface area contributed by atoms with Crippen LogP contribution in [0.1, 0.15) is 68.0 Å². The van der Waals surface area contributed by atoms with Gasteiger partial charge < -0.3 is 4.90 Å². The van der Waals surface area contributed by atoms with Crippen molar-refractivity contribution in [2.75, 3.05) is 4.90 Å². The summed E-state index contributed by atoms with van der Waals surface area (Å²) in [6, 6.07) is 27.7. The van der Waals surface area contributed by atoms with Crippen molar-refractivity contribution in [1.29, 1.82) is 0 Å². The van der Waals surface area contributed by atoms with E-state index in [-0.39, 0.29) is 0 Å². The second-order valence-corrected chi connectivity index (χ2v) is 10.5. The molecule has 4 aromatic rings. The van der Waals surface area contributed by atoms with Gasteiger partial charge in [0, 0.05) is 17.1 Å². The van der Waals surface area contributed by atoms with Crippen molar-refractivity contribution in [3.05, 3.63) is 118 Å². The van der Waals surface area contributed by atoms with Crippen LogP contribution in [0, 0.1) is 20.8 Å². The molecule has 0 aliphatic heterocycles. The summed E-state index contributed by atoms with van der Waals surface area (Å²) < 4.78 is 0. The number of hydrogen-bond donors (Lipinski definition) is 0. The molecule has 0 aliphatic rings. The maximum absolute atomic E-state index is 2.41. The van der Waals surface area contributed by atoms with Gasteiger partial charge in [-0.25, -0.2) is 0 Å². The Labute approximate surface area is 230 Å². The van der Waals surface area contributed by atoms with E-state index in [1.54, 1.807) is 0 Å². The molecule has 4 aromatic carbocycles. The maximum Gasteiger partial charge on any atom is 0.0461 e. The van der Waals surface area contributed by atoms with Crippen LogP contribution in [-0.4, -0.2) is 0 Å². The third-order valence-corrected chi connectivity index (χ3v) is 7.83. The number of nitrogens with zero attached hydrogens (tertiary/aromatic N) is 1. The van der Waals surface area contributed by atoms with Gasteiger partial charge in [0.15, 0.2) is 0 Å². The molecule has 0 N–H and O–H groups in total. The molecule has 0 atom stereocenters. The first-order valence-electron chi connectivity index (χ1n) is 14.2. The van der Waals surface area contributed by atoms with Gasteiger partial charge in [-0.2, -0.15) is 0 Å². The Morgan fingerprint density at radius 2 is 1.00 bits per heavy atom. The summed E-state index contributed by atoms with van der Waals surface area (Å²) in [6.07, 6.45) is 5.23. The predicted octanol–water partition coefficient (Wildman–Crippen LogP) is 10.7. The van der Waals surface area contributed by atoms with E-state index in [1.165, 1.54) is 72.7 Å². The monoisotopic (exact) mass is 501 g/mol. The van der Waals surface area contributed by atoms with Crippen LogP contribution in [0.3, 0.4) is 0 Å². The molecule has 0 spiro atoms. The largest absolute Gasteiger partial charge is 0.315 e. The second-order valence-electron chi connectivity index (χ2n) is 10.5. The highest BCUT2D eigenvalue weighted by atomic mass is 15.1. The van der Waals surface area contributed by atoms with Crippen molar-refractivity contribution in [3.63, 3.8) is 0 Å². The summed E-state index contributed by atoms with van der Waals surface area (Å²) in [5, 5.41) is 0. The molecule has 0 radical (unpaired) electrons. The first-order valence-corrected chi connectivity index (χ1v) is 14.2. The Morgan fingerprint density at radius 1 is 0.579 bits per heavy atom. The Balaban J connectivity index is 1.82. The summed E-state index contributed by atoms with van der Waals surface area (Å²) in [6.45, 7) is 17.7. The number of aryl methyl sites for hydroxylation is 6. The number of hydrogen-bond acceptors (Lipinski definition) is 1. The summed E-state index contributed by atoms with van der Waals surface area (Å²) in [5.74, 6) is 0. The van der Waals surface area contributed by atoms with E-state index >= 15 is 0 Å². The summed E-state index contributed by atoms with van der Waals surface area (Å²) in [5.41, 5.74) is 17.2. The summed E-state index contributed by atoms with van der Waals surface area (Å²) >= 11 is 0. The van der Waals surface area contributed by atoms with Gasteiger partial charge in [0.1, 0.15) is 0 Å². The maximum atomic E-state index is 2.41. The van der Waals surface area contributed by atoms with Crippen LogP contribution in [0.4, 0.5) is 11.4 Å². The van der Waals surface area contributed by atoms with Crippen LogP contribution in [-0.2, 0) is 19.3 Å². The van der Waals surface area contributed by atoms with Gasteiger partial charge in [0.25, 0.3) is 0 Å². The van der Waals surface area contributed by atoms with Crippen molar-refractivity contribution in [2.24, 2.45) is 0 Å². The molecule has 0 bridgehead atoms. The molecule has 0 aromatic heterocycles. The zero-order chi connectivity index (χ0) is 27.4. The van der Waals surface area contributed by atoms with Crippen LogP contribution in [0.5, 0.6) is 0 Å². The van der Waals surface area contributed by atoms with E-state index in [1.807, 2.05) is 0 Å². The number of rotatable bonds is 8. The molecule has 196 valence electrons. The standard InChI is InChI=1S/C37H43N/c1-9-28(8)38(32-15-19-35(30(11-3)23-32)34-17-13-25(5)21-27(34)7)33-16-20-37(31(12-4)24-33)36-18-14-26(6)22-29(36)10-2/h9,13-24H,10-12H2,1-8H3/b28-9+. The van der Waals surface area contributed by atoms with Crippen molar-refractivity contribution in [2.45, 2.75) is 74.7 Å². The average molecular weight is 502 g/mol. The van der Waals surface area contributed by atoms with Gasteiger partial charge in [-0.1, -0.05) is 86.5 Å². The molecule has 1 nitrogen and oxygen atoms in total. The van der Waals surface area contributed by atoms with Crippen molar-refractivity contribution in [1.82, 2.24) is 0 Å². The Morgan fingerprint density at radius 3 is 1.47 bits per heavy atom. The lowest BCUT2D eigenvalue weighted by Gasteiger charge is -2.28. The highest BCUT2D eigenvalue weighted by molar-refractivity contribution is 5.79. The number of anilines is 2. The first kappa shape index (κ1) is 27.5.